The van der Waals surface area contributed by atoms with Gasteiger partial charge >= 0.3 is 11.9 Å². The minimum absolute atomic E-state index is 0.0543. The van der Waals surface area contributed by atoms with Crippen molar-refractivity contribution in [2.24, 2.45) is 0 Å². The van der Waals surface area contributed by atoms with Crippen molar-refractivity contribution < 1.29 is 28.7 Å². The van der Waals surface area contributed by atoms with Crippen LogP contribution in [-0.2, 0) is 25.6 Å². The number of aromatic nitrogens is 1. The van der Waals surface area contributed by atoms with Crippen LogP contribution in [0.4, 0.5) is 5.69 Å². The lowest BCUT2D eigenvalue weighted by Gasteiger charge is -2.09. The summed E-state index contributed by atoms with van der Waals surface area (Å²) >= 11 is 0. The summed E-state index contributed by atoms with van der Waals surface area (Å²) in [5.41, 5.74) is 5.35. The van der Waals surface area contributed by atoms with Crippen molar-refractivity contribution >= 4 is 63.7 Å². The van der Waals surface area contributed by atoms with Gasteiger partial charge in [0.1, 0.15) is 29.0 Å². The quantitative estimate of drug-likeness (QED) is 0.00831. The average Bonchev–Trinajstić information content (AvgIpc) is 3.66. The van der Waals surface area contributed by atoms with Crippen LogP contribution in [0, 0.1) is 32.8 Å². The number of ether oxygens (including phenoxy) is 3. The molecular weight excluding hydrogens is 853 g/mol. The fourth-order valence-corrected chi connectivity index (χ4v) is 8.08. The number of nitrogens with zero attached hydrogens (tertiary/aromatic N) is 4. The molecule has 0 fully saturated rings. The van der Waals surface area contributed by atoms with Crippen LogP contribution in [0.15, 0.2) is 96.1 Å². The number of nitriles is 2. The molecule has 11 heteroatoms. The Kier molecular flexibility index (Phi) is 22.1. The molecule has 0 saturated carbocycles. The average molecular weight is 919 g/mol. The predicted octanol–water partition coefficient (Wildman–Crippen LogP) is 14.5. The van der Waals surface area contributed by atoms with Crippen molar-refractivity contribution in [3.05, 3.63) is 128 Å². The van der Waals surface area contributed by atoms with Gasteiger partial charge in [0, 0.05) is 40.5 Å². The number of carbonyl (C=O) groups is 2. The molecule has 5 aromatic rings. The second-order valence-electron chi connectivity index (χ2n) is 17.2. The Morgan fingerprint density at radius 2 is 0.971 bits per heavy atom. The first-order chi connectivity index (χ1) is 33.2. The van der Waals surface area contributed by atoms with E-state index in [2.05, 4.69) is 18.4 Å². The van der Waals surface area contributed by atoms with Gasteiger partial charge in [-0.05, 0) is 109 Å². The van der Waals surface area contributed by atoms with Gasteiger partial charge in [-0.2, -0.15) is 10.5 Å². The summed E-state index contributed by atoms with van der Waals surface area (Å²) in [5, 5.41) is 32.5. The number of hydrogen-bond donors (Lipinski definition) is 0. The Bertz CT molecular complexity index is 2480. The zero-order chi connectivity index (χ0) is 48.4. The third-order valence-corrected chi connectivity index (χ3v) is 11.9. The Balaban J connectivity index is 1.12. The normalized spacial score (nSPS) is 11.8. The number of carbonyl (C=O) groups excluding carboxylic acids is 2. The molecule has 68 heavy (non-hydrogen) atoms. The van der Waals surface area contributed by atoms with E-state index in [0.29, 0.717) is 17.7 Å². The van der Waals surface area contributed by atoms with Gasteiger partial charge < -0.3 is 18.8 Å². The molecule has 0 aliphatic heterocycles. The topological polar surface area (TPSA) is 157 Å². The van der Waals surface area contributed by atoms with E-state index in [0.717, 1.165) is 129 Å². The van der Waals surface area contributed by atoms with Gasteiger partial charge in [0.25, 0.3) is 5.69 Å². The van der Waals surface area contributed by atoms with Crippen molar-refractivity contribution in [1.82, 2.24) is 4.57 Å². The van der Waals surface area contributed by atoms with E-state index in [1.165, 1.54) is 37.8 Å². The Labute approximate surface area is 401 Å². The van der Waals surface area contributed by atoms with E-state index in [4.69, 9.17) is 14.2 Å². The number of rotatable bonds is 30. The Morgan fingerprint density at radius 1 is 0.559 bits per heavy atom. The van der Waals surface area contributed by atoms with Gasteiger partial charge in [-0.15, -0.1) is 0 Å². The number of hydrogen-bond acceptors (Lipinski definition) is 9. The molecule has 0 amide bonds. The number of non-ortho nitro benzene ring substituents is 1. The SMILES string of the molecule is CCCCCCOC(=O)/C(C#N)=C\c1ccc2c(c1)c1cc(/C=C(/C#N)C(=O)OCCCCCC)ccc1n2CCCCCCCCCCCOc1ccc(/C=C/c2ccc([N+](=O)[O-])cc2)cc1. The molecule has 0 aliphatic carbocycles. The maximum atomic E-state index is 12.8. The van der Waals surface area contributed by atoms with Crippen molar-refractivity contribution in [3.8, 4) is 17.9 Å². The van der Waals surface area contributed by atoms with Gasteiger partial charge in [0.05, 0.1) is 24.7 Å². The van der Waals surface area contributed by atoms with Crippen molar-refractivity contribution in [1.29, 1.82) is 10.5 Å². The highest BCUT2D eigenvalue weighted by Crippen LogP contribution is 2.33. The molecule has 0 N–H and O–H groups in total. The van der Waals surface area contributed by atoms with Crippen LogP contribution in [0.2, 0.25) is 0 Å². The zero-order valence-electron chi connectivity index (χ0n) is 39.9. The molecule has 0 unspecified atom stereocenters. The maximum Gasteiger partial charge on any atom is 0.348 e. The summed E-state index contributed by atoms with van der Waals surface area (Å²) in [6.07, 6.45) is 25.0. The minimum Gasteiger partial charge on any atom is -0.494 e. The van der Waals surface area contributed by atoms with Crippen LogP contribution in [0.3, 0.4) is 0 Å². The van der Waals surface area contributed by atoms with E-state index >= 15 is 0 Å². The monoisotopic (exact) mass is 918 g/mol. The van der Waals surface area contributed by atoms with Crippen LogP contribution in [0.25, 0.3) is 46.1 Å². The summed E-state index contributed by atoms with van der Waals surface area (Å²) in [5.74, 6) is -0.408. The van der Waals surface area contributed by atoms with Gasteiger partial charge in [-0.25, -0.2) is 9.59 Å². The summed E-state index contributed by atoms with van der Waals surface area (Å²) in [6.45, 7) is 6.30. The standard InChI is InChI=1S/C57H66N4O7/c1-3-5-7-17-36-67-56(62)48(42-58)38-46-26-32-54-52(40-46)53-41-47(39-49(43-59)57(63)68-37-18-8-6-4-2)27-33-55(53)60(54)34-16-14-12-10-9-11-13-15-19-35-66-51-30-24-45(25-31-51)21-20-44-22-28-50(29-23-44)61(64)65/h20-33,38-41H,3-19,34-37H2,1-2H3/b21-20+,48-38-,49-39-. The minimum atomic E-state index is -0.625. The number of fused-ring (bicyclic) bond motifs is 3. The van der Waals surface area contributed by atoms with E-state index in [-0.39, 0.29) is 30.0 Å². The first kappa shape index (κ1) is 52.0. The lowest BCUT2D eigenvalue weighted by atomic mass is 10.0. The van der Waals surface area contributed by atoms with Gasteiger partial charge in [0.15, 0.2) is 0 Å². The predicted molar refractivity (Wildman–Crippen MR) is 272 cm³/mol. The fourth-order valence-electron chi connectivity index (χ4n) is 8.08. The Morgan fingerprint density at radius 3 is 1.43 bits per heavy atom. The number of esters is 2. The Hall–Kier alpha value is -6.98. The van der Waals surface area contributed by atoms with Crippen LogP contribution in [-0.4, -0.2) is 41.2 Å². The van der Waals surface area contributed by atoms with Crippen LogP contribution in [0.1, 0.15) is 145 Å². The molecule has 0 radical (unpaired) electrons. The molecule has 0 atom stereocenters. The molecule has 356 valence electrons. The molecule has 0 saturated heterocycles. The van der Waals surface area contributed by atoms with E-state index in [1.54, 1.807) is 24.3 Å². The number of benzene rings is 4. The summed E-state index contributed by atoms with van der Waals surface area (Å²) in [4.78, 5) is 36.1. The summed E-state index contributed by atoms with van der Waals surface area (Å²) in [7, 11) is 0. The molecule has 0 bridgehead atoms. The second-order valence-corrected chi connectivity index (χ2v) is 17.2. The van der Waals surface area contributed by atoms with Crippen LogP contribution in [0.5, 0.6) is 5.75 Å². The van der Waals surface area contributed by atoms with Gasteiger partial charge in [-0.1, -0.05) is 134 Å². The number of aryl methyl sites for hydroxylation is 1. The van der Waals surface area contributed by atoms with Gasteiger partial charge in [-0.3, -0.25) is 10.1 Å². The van der Waals surface area contributed by atoms with Crippen LogP contribution >= 0.6 is 0 Å². The smallest absolute Gasteiger partial charge is 0.348 e. The molecule has 11 nitrogen and oxygen atoms in total. The maximum absolute atomic E-state index is 12.8. The molecule has 1 aromatic heterocycles. The van der Waals surface area contributed by atoms with Crippen molar-refractivity contribution in [3.63, 3.8) is 0 Å². The first-order valence-corrected chi connectivity index (χ1v) is 24.5. The number of unbranched alkanes of at least 4 members (excludes halogenated alkanes) is 14. The summed E-state index contributed by atoms with van der Waals surface area (Å²) < 4.78 is 19.1. The third kappa shape index (κ3) is 16.7. The van der Waals surface area contributed by atoms with E-state index in [9.17, 15) is 30.2 Å². The number of nitro groups is 1. The van der Waals surface area contributed by atoms with E-state index in [1.807, 2.05) is 85.0 Å². The van der Waals surface area contributed by atoms with E-state index < -0.39 is 16.9 Å². The molecule has 1 heterocycles. The summed E-state index contributed by atoms with van der Waals surface area (Å²) in [6, 6.07) is 30.3. The third-order valence-electron chi connectivity index (χ3n) is 11.9. The zero-order valence-corrected chi connectivity index (χ0v) is 39.9. The lowest BCUT2D eigenvalue weighted by molar-refractivity contribution is -0.384. The molecule has 4 aromatic carbocycles. The first-order valence-electron chi connectivity index (χ1n) is 24.5. The molecule has 0 spiro atoms. The molecule has 0 aliphatic rings. The highest BCUT2D eigenvalue weighted by Gasteiger charge is 2.16. The highest BCUT2D eigenvalue weighted by molar-refractivity contribution is 6.10. The highest BCUT2D eigenvalue weighted by atomic mass is 16.6. The van der Waals surface area contributed by atoms with Crippen molar-refractivity contribution in [2.75, 3.05) is 19.8 Å². The second kappa shape index (κ2) is 28.9. The molecular formula is C57H66N4O7. The largest absolute Gasteiger partial charge is 0.494 e. The fraction of sp³-hybridized carbons (Fsp3) is 0.404. The van der Waals surface area contributed by atoms with Gasteiger partial charge in [0.2, 0.25) is 0 Å². The lowest BCUT2D eigenvalue weighted by Crippen LogP contribution is -2.08. The number of nitro benzene ring substituents is 1. The van der Waals surface area contributed by atoms with Crippen LogP contribution < -0.4 is 4.74 Å². The molecule has 5 rings (SSSR count). The van der Waals surface area contributed by atoms with Crippen molar-refractivity contribution in [2.45, 2.75) is 130 Å².